The van der Waals surface area contributed by atoms with E-state index < -0.39 is 0 Å². The molecule has 0 radical (unpaired) electrons. The van der Waals surface area contributed by atoms with Crippen LogP contribution in [0.15, 0.2) is 10.7 Å². The Hall–Kier alpha value is -0.430. The third-order valence-corrected chi connectivity index (χ3v) is 3.82. The number of hydrogen-bond acceptors (Lipinski definition) is 4. The Morgan fingerprint density at radius 1 is 1.59 bits per heavy atom. The second-order valence-corrected chi connectivity index (χ2v) is 5.29. The molecular weight excluding hydrogens is 284 g/mol. The van der Waals surface area contributed by atoms with Crippen molar-refractivity contribution in [3.63, 3.8) is 0 Å². The van der Waals surface area contributed by atoms with Crippen LogP contribution in [0.2, 0.25) is 0 Å². The third-order valence-electron chi connectivity index (χ3n) is 3.21. The third kappa shape index (κ3) is 2.70. The molecular formula is C11H19BrN4O. The van der Waals surface area contributed by atoms with Gasteiger partial charge in [-0.3, -0.25) is 4.68 Å². The number of halogens is 1. The Morgan fingerprint density at radius 2 is 2.35 bits per heavy atom. The van der Waals surface area contributed by atoms with Gasteiger partial charge in [-0.2, -0.15) is 5.10 Å². The van der Waals surface area contributed by atoms with Crippen LogP contribution in [0.4, 0.5) is 0 Å². The first-order chi connectivity index (χ1) is 8.13. The summed E-state index contributed by atoms with van der Waals surface area (Å²) in [6.07, 6.45) is 1.98. The van der Waals surface area contributed by atoms with Crippen molar-refractivity contribution < 1.29 is 4.74 Å². The fourth-order valence-corrected chi connectivity index (χ4v) is 2.88. The first-order valence-electron chi connectivity index (χ1n) is 5.78. The number of hydrogen-bond donors (Lipinski definition) is 1. The largest absolute Gasteiger partial charge is 0.374 e. The van der Waals surface area contributed by atoms with Crippen LogP contribution >= 0.6 is 15.9 Å². The Labute approximate surface area is 110 Å². The van der Waals surface area contributed by atoms with E-state index in [2.05, 4.69) is 38.3 Å². The number of nitrogens with one attached hydrogen (secondary N) is 1. The van der Waals surface area contributed by atoms with Gasteiger partial charge in [0.1, 0.15) is 0 Å². The molecule has 0 bridgehead atoms. The zero-order chi connectivity index (χ0) is 12.4. The van der Waals surface area contributed by atoms with Crippen LogP contribution < -0.4 is 5.32 Å². The van der Waals surface area contributed by atoms with Crippen molar-refractivity contribution in [1.29, 1.82) is 0 Å². The molecule has 96 valence electrons. The van der Waals surface area contributed by atoms with Crippen LogP contribution in [0, 0.1) is 0 Å². The van der Waals surface area contributed by atoms with E-state index in [4.69, 9.17) is 4.74 Å². The van der Waals surface area contributed by atoms with E-state index in [-0.39, 0.29) is 12.1 Å². The summed E-state index contributed by atoms with van der Waals surface area (Å²) in [5.41, 5.74) is 1.13. The number of aromatic nitrogens is 2. The van der Waals surface area contributed by atoms with Gasteiger partial charge < -0.3 is 15.0 Å². The zero-order valence-electron chi connectivity index (χ0n) is 10.5. The van der Waals surface area contributed by atoms with Crippen molar-refractivity contribution >= 4 is 15.9 Å². The maximum atomic E-state index is 5.87. The molecule has 1 aliphatic heterocycles. The van der Waals surface area contributed by atoms with Crippen LogP contribution in [-0.2, 0) is 11.8 Å². The highest BCUT2D eigenvalue weighted by atomic mass is 79.9. The van der Waals surface area contributed by atoms with Gasteiger partial charge in [-0.05, 0) is 30.0 Å². The Kier molecular flexibility index (Phi) is 4.19. The second kappa shape index (κ2) is 5.48. The molecule has 2 atom stereocenters. The van der Waals surface area contributed by atoms with Crippen LogP contribution in [0.25, 0.3) is 0 Å². The molecule has 6 heteroatoms. The van der Waals surface area contributed by atoms with Crippen LogP contribution in [0.1, 0.15) is 11.7 Å². The first kappa shape index (κ1) is 13.0. The van der Waals surface area contributed by atoms with Gasteiger partial charge in [0.05, 0.1) is 35.1 Å². The molecule has 0 amide bonds. The minimum atomic E-state index is 0.152. The maximum absolute atomic E-state index is 5.87. The molecule has 1 aromatic rings. The van der Waals surface area contributed by atoms with E-state index >= 15 is 0 Å². The lowest BCUT2D eigenvalue weighted by Crippen LogP contribution is -2.46. The molecule has 1 aliphatic rings. The second-order valence-electron chi connectivity index (χ2n) is 4.44. The number of likely N-dealkylation sites (N-methyl/N-ethyl adjacent to an activating group) is 2. The summed E-state index contributed by atoms with van der Waals surface area (Å²) in [5.74, 6) is 0. The maximum Gasteiger partial charge on any atom is 0.0912 e. The van der Waals surface area contributed by atoms with Gasteiger partial charge in [0.2, 0.25) is 0 Å². The minimum Gasteiger partial charge on any atom is -0.374 e. The summed E-state index contributed by atoms with van der Waals surface area (Å²) in [5, 5.41) is 7.59. The van der Waals surface area contributed by atoms with Gasteiger partial charge in [-0.1, -0.05) is 0 Å². The normalized spacial score (nSPS) is 23.9. The van der Waals surface area contributed by atoms with Gasteiger partial charge in [0, 0.05) is 20.1 Å². The number of aryl methyl sites for hydroxylation is 1. The molecule has 1 fully saturated rings. The summed E-state index contributed by atoms with van der Waals surface area (Å²) >= 11 is 3.55. The van der Waals surface area contributed by atoms with Gasteiger partial charge in [0.25, 0.3) is 0 Å². The highest BCUT2D eigenvalue weighted by Crippen LogP contribution is 2.27. The van der Waals surface area contributed by atoms with Crippen molar-refractivity contribution in [1.82, 2.24) is 20.0 Å². The van der Waals surface area contributed by atoms with Crippen LogP contribution in [0.5, 0.6) is 0 Å². The molecule has 1 aromatic heterocycles. The van der Waals surface area contributed by atoms with Crippen molar-refractivity contribution in [2.45, 2.75) is 12.1 Å². The predicted octanol–water partition coefficient (Wildman–Crippen LogP) is 0.774. The van der Waals surface area contributed by atoms with Gasteiger partial charge >= 0.3 is 0 Å². The fraction of sp³-hybridized carbons (Fsp3) is 0.727. The highest BCUT2D eigenvalue weighted by Gasteiger charge is 2.30. The van der Waals surface area contributed by atoms with E-state index in [1.165, 1.54) is 0 Å². The molecule has 1 N–H and O–H groups in total. The molecule has 2 unspecified atom stereocenters. The summed E-state index contributed by atoms with van der Waals surface area (Å²) in [6, 6.07) is 0.152. The molecule has 17 heavy (non-hydrogen) atoms. The van der Waals surface area contributed by atoms with Gasteiger partial charge in [0.15, 0.2) is 0 Å². The Balaban J connectivity index is 2.21. The number of nitrogens with zero attached hydrogens (tertiary/aromatic N) is 3. The van der Waals surface area contributed by atoms with E-state index in [0.29, 0.717) is 0 Å². The van der Waals surface area contributed by atoms with Gasteiger partial charge in [-0.25, -0.2) is 0 Å². The molecule has 0 spiro atoms. The average Bonchev–Trinajstić information content (AvgIpc) is 2.62. The summed E-state index contributed by atoms with van der Waals surface area (Å²) in [4.78, 5) is 2.29. The first-order valence-corrected chi connectivity index (χ1v) is 6.57. The summed E-state index contributed by atoms with van der Waals surface area (Å²) in [7, 11) is 6.04. The quantitative estimate of drug-likeness (QED) is 0.896. The van der Waals surface area contributed by atoms with E-state index in [1.54, 1.807) is 0 Å². The Bertz CT molecular complexity index is 362. The van der Waals surface area contributed by atoms with Crippen molar-refractivity contribution in [2.24, 2.45) is 7.05 Å². The number of morpholine rings is 1. The number of rotatable bonds is 3. The summed E-state index contributed by atoms with van der Waals surface area (Å²) in [6.45, 7) is 2.72. The molecule has 0 aromatic carbocycles. The SMILES string of the molecule is CNC(c1c(Br)cnn1C)C1CN(C)CCO1. The monoisotopic (exact) mass is 302 g/mol. The van der Waals surface area contributed by atoms with Crippen LogP contribution in [0.3, 0.4) is 0 Å². The van der Waals surface area contributed by atoms with E-state index in [1.807, 2.05) is 25.0 Å². The molecule has 5 nitrogen and oxygen atoms in total. The average molecular weight is 303 g/mol. The molecule has 0 aliphatic carbocycles. The lowest BCUT2D eigenvalue weighted by molar-refractivity contribution is -0.0394. The topological polar surface area (TPSA) is 42.3 Å². The van der Waals surface area contributed by atoms with Gasteiger partial charge in [-0.15, -0.1) is 0 Å². The van der Waals surface area contributed by atoms with Crippen LogP contribution in [-0.4, -0.2) is 54.6 Å². The Morgan fingerprint density at radius 3 is 2.88 bits per heavy atom. The van der Waals surface area contributed by atoms with Crippen molar-refractivity contribution in [3.05, 3.63) is 16.4 Å². The molecule has 2 heterocycles. The molecule has 1 saturated heterocycles. The van der Waals surface area contributed by atoms with E-state index in [0.717, 1.165) is 29.9 Å². The highest BCUT2D eigenvalue weighted by molar-refractivity contribution is 9.10. The summed E-state index contributed by atoms with van der Waals surface area (Å²) < 4.78 is 8.79. The number of ether oxygens (including phenoxy) is 1. The minimum absolute atomic E-state index is 0.152. The van der Waals surface area contributed by atoms with E-state index in [9.17, 15) is 0 Å². The standard InChI is InChI=1S/C11H19BrN4O/c1-13-10(9-7-15(2)4-5-17-9)11-8(12)6-14-16(11)3/h6,9-10,13H,4-5,7H2,1-3H3. The lowest BCUT2D eigenvalue weighted by Gasteiger charge is -2.35. The van der Waals surface area contributed by atoms with Crippen molar-refractivity contribution in [2.75, 3.05) is 33.8 Å². The lowest BCUT2D eigenvalue weighted by atomic mass is 10.1. The fourth-order valence-electron chi connectivity index (χ4n) is 2.28. The zero-order valence-corrected chi connectivity index (χ0v) is 12.1. The van der Waals surface area contributed by atoms with Crippen molar-refractivity contribution in [3.8, 4) is 0 Å². The molecule has 2 rings (SSSR count). The smallest absolute Gasteiger partial charge is 0.0912 e. The predicted molar refractivity (Wildman–Crippen MR) is 69.9 cm³/mol. The molecule has 0 saturated carbocycles.